The highest BCUT2D eigenvalue weighted by atomic mass is 19.4. The first-order chi connectivity index (χ1) is 11.7. The number of nitro groups is 1. The van der Waals surface area contributed by atoms with Crippen LogP contribution in [0, 0.1) is 15.9 Å². The van der Waals surface area contributed by atoms with Crippen molar-refractivity contribution in [3.63, 3.8) is 0 Å². The van der Waals surface area contributed by atoms with Gasteiger partial charge in [0.15, 0.2) is 6.61 Å². The Balaban J connectivity index is 2.03. The molecule has 0 unspecified atom stereocenters. The summed E-state index contributed by atoms with van der Waals surface area (Å²) in [4.78, 5) is 21.3. The van der Waals surface area contributed by atoms with Gasteiger partial charge in [-0.25, -0.2) is 0 Å². The summed E-state index contributed by atoms with van der Waals surface area (Å²) in [5, 5.41) is 12.5. The fourth-order valence-electron chi connectivity index (χ4n) is 1.90. The summed E-state index contributed by atoms with van der Waals surface area (Å²) in [6.07, 6.45) is -4.65. The van der Waals surface area contributed by atoms with E-state index in [1.54, 1.807) is 0 Å². The van der Waals surface area contributed by atoms with Gasteiger partial charge in [0.2, 0.25) is 5.82 Å². The Bertz CT molecular complexity index is 808. The zero-order valence-electron chi connectivity index (χ0n) is 12.3. The number of nitrogens with zero attached hydrogens (tertiary/aromatic N) is 1. The van der Waals surface area contributed by atoms with Crippen molar-refractivity contribution in [2.75, 3.05) is 11.9 Å². The molecule has 2 rings (SSSR count). The van der Waals surface area contributed by atoms with Crippen molar-refractivity contribution in [3.8, 4) is 5.75 Å². The van der Waals surface area contributed by atoms with E-state index >= 15 is 0 Å². The highest BCUT2D eigenvalue weighted by Gasteiger charge is 2.33. The monoisotopic (exact) mass is 358 g/mol. The highest BCUT2D eigenvalue weighted by molar-refractivity contribution is 5.92. The van der Waals surface area contributed by atoms with Crippen LogP contribution in [0.15, 0.2) is 42.5 Å². The van der Waals surface area contributed by atoms with Gasteiger partial charge in [-0.1, -0.05) is 12.1 Å². The first-order valence-corrected chi connectivity index (χ1v) is 6.71. The van der Waals surface area contributed by atoms with Gasteiger partial charge in [-0.15, -0.1) is 0 Å². The normalized spacial score (nSPS) is 11.0. The first kappa shape index (κ1) is 18.2. The molecule has 0 aliphatic heterocycles. The molecule has 1 N–H and O–H groups in total. The summed E-state index contributed by atoms with van der Waals surface area (Å²) in [6.45, 7) is -0.705. The largest absolute Gasteiger partial charge is 0.484 e. The lowest BCUT2D eigenvalue weighted by atomic mass is 10.1. The lowest BCUT2D eigenvalue weighted by molar-refractivity contribution is -0.387. The van der Waals surface area contributed by atoms with Crippen molar-refractivity contribution >= 4 is 17.3 Å². The molecule has 0 saturated heterocycles. The quantitative estimate of drug-likeness (QED) is 0.501. The fraction of sp³-hybridized carbons (Fsp3) is 0.133. The molecule has 0 atom stereocenters. The Morgan fingerprint density at radius 3 is 2.48 bits per heavy atom. The van der Waals surface area contributed by atoms with Gasteiger partial charge in [0.1, 0.15) is 5.75 Å². The van der Waals surface area contributed by atoms with Gasteiger partial charge in [-0.05, 0) is 18.2 Å². The summed E-state index contributed by atoms with van der Waals surface area (Å²) >= 11 is 0. The maximum Gasteiger partial charge on any atom is 0.418 e. The summed E-state index contributed by atoms with van der Waals surface area (Å²) in [6, 6.07) is 7.00. The predicted octanol–water partition coefficient (Wildman–Crippen LogP) is 3.77. The molecule has 0 aromatic heterocycles. The number of rotatable bonds is 5. The third kappa shape index (κ3) is 4.66. The number of anilines is 1. The van der Waals surface area contributed by atoms with Crippen molar-refractivity contribution in [1.29, 1.82) is 0 Å². The van der Waals surface area contributed by atoms with E-state index in [0.717, 1.165) is 24.3 Å². The summed E-state index contributed by atoms with van der Waals surface area (Å²) in [7, 11) is 0. The van der Waals surface area contributed by atoms with Crippen LogP contribution in [0.2, 0.25) is 0 Å². The number of hydrogen-bond acceptors (Lipinski definition) is 4. The van der Waals surface area contributed by atoms with E-state index in [9.17, 15) is 32.5 Å². The number of benzene rings is 2. The zero-order valence-corrected chi connectivity index (χ0v) is 12.3. The third-order valence-corrected chi connectivity index (χ3v) is 2.99. The number of carbonyl (C=O) groups is 1. The highest BCUT2D eigenvalue weighted by Crippen LogP contribution is 2.34. The Labute approximate surface area is 138 Å². The molecule has 0 bridgehead atoms. The van der Waals surface area contributed by atoms with Crippen LogP contribution in [0.5, 0.6) is 5.75 Å². The molecule has 1 amide bonds. The minimum Gasteiger partial charge on any atom is -0.484 e. The van der Waals surface area contributed by atoms with E-state index in [0.29, 0.717) is 6.07 Å². The van der Waals surface area contributed by atoms with Gasteiger partial charge >= 0.3 is 11.9 Å². The molecule has 6 nitrogen and oxygen atoms in total. The van der Waals surface area contributed by atoms with Gasteiger partial charge in [-0.3, -0.25) is 14.9 Å². The second-order valence-corrected chi connectivity index (χ2v) is 4.75. The van der Waals surface area contributed by atoms with Crippen LogP contribution in [0.4, 0.5) is 28.9 Å². The van der Waals surface area contributed by atoms with Crippen LogP contribution in [-0.2, 0) is 11.0 Å². The summed E-state index contributed by atoms with van der Waals surface area (Å²) < 4.78 is 56.8. The van der Waals surface area contributed by atoms with Crippen LogP contribution in [-0.4, -0.2) is 17.4 Å². The molecule has 132 valence electrons. The number of nitrogens with one attached hydrogen (secondary N) is 1. The molecule has 0 spiro atoms. The number of para-hydroxylation sites is 1. The van der Waals surface area contributed by atoms with E-state index in [-0.39, 0.29) is 5.75 Å². The average Bonchev–Trinajstić information content (AvgIpc) is 2.52. The van der Waals surface area contributed by atoms with Gasteiger partial charge in [0.25, 0.3) is 5.91 Å². The SMILES string of the molecule is O=C(COc1ccc([N+](=O)[O-])c(F)c1)Nc1ccccc1C(F)(F)F. The molecular formula is C15H10F4N2O4. The minimum atomic E-state index is -4.65. The van der Waals surface area contributed by atoms with Gasteiger partial charge in [0.05, 0.1) is 16.2 Å². The van der Waals surface area contributed by atoms with E-state index in [2.05, 4.69) is 0 Å². The van der Waals surface area contributed by atoms with Crippen LogP contribution in [0.3, 0.4) is 0 Å². The molecule has 0 heterocycles. The molecule has 0 saturated carbocycles. The number of nitro benzene ring substituents is 1. The Hall–Kier alpha value is -3.17. The lowest BCUT2D eigenvalue weighted by Gasteiger charge is -2.13. The third-order valence-electron chi connectivity index (χ3n) is 2.99. The number of amides is 1. The van der Waals surface area contributed by atoms with Crippen molar-refractivity contribution in [2.24, 2.45) is 0 Å². The van der Waals surface area contributed by atoms with E-state index in [1.807, 2.05) is 5.32 Å². The van der Waals surface area contributed by atoms with E-state index in [4.69, 9.17) is 4.74 Å². The second-order valence-electron chi connectivity index (χ2n) is 4.75. The van der Waals surface area contributed by atoms with E-state index in [1.165, 1.54) is 12.1 Å². The maximum atomic E-state index is 13.4. The molecule has 25 heavy (non-hydrogen) atoms. The first-order valence-electron chi connectivity index (χ1n) is 6.71. The number of alkyl halides is 3. The number of carbonyl (C=O) groups excluding carboxylic acids is 1. The fourth-order valence-corrected chi connectivity index (χ4v) is 1.90. The molecule has 2 aromatic rings. The minimum absolute atomic E-state index is 0.178. The molecule has 0 aliphatic rings. The van der Waals surface area contributed by atoms with Crippen molar-refractivity contribution in [2.45, 2.75) is 6.18 Å². The molecule has 0 radical (unpaired) electrons. The van der Waals surface area contributed by atoms with Crippen LogP contribution >= 0.6 is 0 Å². The zero-order chi connectivity index (χ0) is 18.6. The standard InChI is InChI=1S/C15H10F4N2O4/c16-11-7-9(5-6-13(11)21(23)24)25-8-14(22)20-12-4-2-1-3-10(12)15(17,18)19/h1-7H,8H2,(H,20,22). The smallest absolute Gasteiger partial charge is 0.418 e. The molecule has 10 heteroatoms. The molecular weight excluding hydrogens is 348 g/mol. The van der Waals surface area contributed by atoms with Gasteiger partial charge < -0.3 is 10.1 Å². The van der Waals surface area contributed by atoms with Crippen LogP contribution < -0.4 is 10.1 Å². The lowest BCUT2D eigenvalue weighted by Crippen LogP contribution is -2.22. The average molecular weight is 358 g/mol. The Kier molecular flexibility index (Phi) is 5.20. The maximum absolute atomic E-state index is 13.4. The van der Waals surface area contributed by atoms with Crippen molar-refractivity contribution < 1.29 is 32.0 Å². The van der Waals surface area contributed by atoms with Crippen molar-refractivity contribution in [3.05, 3.63) is 64.0 Å². The number of hydrogen-bond donors (Lipinski definition) is 1. The molecule has 2 aromatic carbocycles. The Morgan fingerprint density at radius 1 is 1.20 bits per heavy atom. The summed E-state index contributed by atoms with van der Waals surface area (Å²) in [5.74, 6) is -2.25. The molecule has 0 fully saturated rings. The number of ether oxygens (including phenoxy) is 1. The van der Waals surface area contributed by atoms with E-state index < -0.39 is 46.4 Å². The second kappa shape index (κ2) is 7.16. The number of halogens is 4. The molecule has 0 aliphatic carbocycles. The predicted molar refractivity (Wildman–Crippen MR) is 78.6 cm³/mol. The van der Waals surface area contributed by atoms with Gasteiger partial charge in [-0.2, -0.15) is 17.6 Å². The topological polar surface area (TPSA) is 81.5 Å². The van der Waals surface area contributed by atoms with Crippen LogP contribution in [0.1, 0.15) is 5.56 Å². The van der Waals surface area contributed by atoms with Crippen LogP contribution in [0.25, 0.3) is 0 Å². The Morgan fingerprint density at radius 2 is 1.88 bits per heavy atom. The van der Waals surface area contributed by atoms with Crippen molar-refractivity contribution in [1.82, 2.24) is 0 Å². The summed E-state index contributed by atoms with van der Waals surface area (Å²) in [5.41, 5.74) is -2.24. The van der Waals surface area contributed by atoms with Gasteiger partial charge in [0, 0.05) is 12.1 Å².